The van der Waals surface area contributed by atoms with Gasteiger partial charge in [-0.05, 0) is 6.92 Å². The molecule has 7 nitrogen and oxygen atoms in total. The molecular formula is C10H15N3O4. The normalized spacial score (nSPS) is 9.82. The Hall–Kier alpha value is -2.05. The number of hydrogen-bond donors (Lipinski definition) is 1. The molecule has 0 spiro atoms. The summed E-state index contributed by atoms with van der Waals surface area (Å²) in [7, 11) is 2.68. The number of likely N-dealkylation sites (N-methyl/N-ethyl adjacent to an activating group) is 1. The first kappa shape index (κ1) is 13.0. The Kier molecular flexibility index (Phi) is 4.50. The van der Waals surface area contributed by atoms with Crippen LogP contribution in [-0.2, 0) is 9.53 Å². The zero-order chi connectivity index (χ0) is 12.8. The lowest BCUT2D eigenvalue weighted by atomic mass is 10.4. The second-order valence-electron chi connectivity index (χ2n) is 3.18. The average Bonchev–Trinajstić information content (AvgIpc) is 2.35. The van der Waals surface area contributed by atoms with Crippen LogP contribution in [0.2, 0.25) is 0 Å². The number of methoxy groups -OCH3 is 2. The van der Waals surface area contributed by atoms with Crippen LogP contribution in [0.4, 0.5) is 5.82 Å². The molecule has 0 aliphatic rings. The number of nitrogens with zero attached hydrogens (tertiary/aromatic N) is 2. The first-order chi connectivity index (χ1) is 8.13. The minimum absolute atomic E-state index is 0.0137. The van der Waals surface area contributed by atoms with E-state index >= 15 is 0 Å². The minimum Gasteiger partial charge on any atom is -0.489 e. The van der Waals surface area contributed by atoms with Gasteiger partial charge in [-0.2, -0.15) is 0 Å². The zero-order valence-corrected chi connectivity index (χ0v) is 10.0. The maximum atomic E-state index is 11.5. The molecule has 0 bridgehead atoms. The SMILES string of the molecule is CCN(CC(=O)OC)c1nc[nH]c(=O)c1OC. The predicted octanol–water partition coefficient (Wildman–Crippen LogP) is -0.222. The van der Waals surface area contributed by atoms with E-state index in [-0.39, 0.29) is 17.9 Å². The number of esters is 1. The summed E-state index contributed by atoms with van der Waals surface area (Å²) in [6, 6.07) is 0. The molecule has 1 N–H and O–H groups in total. The number of carbonyl (C=O) groups is 1. The summed E-state index contributed by atoms with van der Waals surface area (Å²) in [6.45, 7) is 2.35. The fourth-order valence-corrected chi connectivity index (χ4v) is 1.34. The molecule has 0 unspecified atom stereocenters. The van der Waals surface area contributed by atoms with Gasteiger partial charge in [0.15, 0.2) is 5.82 Å². The molecule has 0 aliphatic carbocycles. The van der Waals surface area contributed by atoms with Crippen LogP contribution < -0.4 is 15.2 Å². The fourth-order valence-electron chi connectivity index (χ4n) is 1.34. The number of aromatic amines is 1. The van der Waals surface area contributed by atoms with Crippen LogP contribution in [0, 0.1) is 0 Å². The Labute approximate surface area is 98.4 Å². The standard InChI is InChI=1S/C10H15N3O4/c1-4-13(5-7(14)16-2)9-8(17-3)10(15)12-6-11-9/h6H,4-5H2,1-3H3,(H,11,12,15). The van der Waals surface area contributed by atoms with Gasteiger partial charge in [0.2, 0.25) is 5.75 Å². The molecule has 1 aromatic heterocycles. The van der Waals surface area contributed by atoms with Gasteiger partial charge in [-0.3, -0.25) is 9.59 Å². The van der Waals surface area contributed by atoms with Crippen molar-refractivity contribution in [2.24, 2.45) is 0 Å². The Morgan fingerprint density at radius 3 is 2.76 bits per heavy atom. The summed E-state index contributed by atoms with van der Waals surface area (Å²) >= 11 is 0. The van der Waals surface area contributed by atoms with E-state index in [4.69, 9.17) is 4.74 Å². The van der Waals surface area contributed by atoms with Crippen molar-refractivity contribution in [1.29, 1.82) is 0 Å². The number of carbonyl (C=O) groups excluding carboxylic acids is 1. The molecule has 17 heavy (non-hydrogen) atoms. The van der Waals surface area contributed by atoms with Gasteiger partial charge in [-0.25, -0.2) is 4.98 Å². The molecule has 7 heteroatoms. The fraction of sp³-hybridized carbons (Fsp3) is 0.500. The number of aromatic nitrogens is 2. The third kappa shape index (κ3) is 2.96. The summed E-state index contributed by atoms with van der Waals surface area (Å²) in [4.78, 5) is 30.7. The van der Waals surface area contributed by atoms with Gasteiger partial charge in [-0.15, -0.1) is 0 Å². The molecule has 0 aliphatic heterocycles. The van der Waals surface area contributed by atoms with Crippen LogP contribution in [0.3, 0.4) is 0 Å². The molecular weight excluding hydrogens is 226 g/mol. The monoisotopic (exact) mass is 241 g/mol. The highest BCUT2D eigenvalue weighted by atomic mass is 16.5. The number of rotatable bonds is 5. The molecule has 0 amide bonds. The quantitative estimate of drug-likeness (QED) is 0.717. The topological polar surface area (TPSA) is 84.5 Å². The predicted molar refractivity (Wildman–Crippen MR) is 61.3 cm³/mol. The van der Waals surface area contributed by atoms with Crippen LogP contribution in [0.25, 0.3) is 0 Å². The van der Waals surface area contributed by atoms with Crippen LogP contribution in [0.15, 0.2) is 11.1 Å². The average molecular weight is 241 g/mol. The first-order valence-corrected chi connectivity index (χ1v) is 5.07. The Morgan fingerprint density at radius 1 is 1.53 bits per heavy atom. The van der Waals surface area contributed by atoms with Crippen molar-refractivity contribution in [2.75, 3.05) is 32.2 Å². The number of hydrogen-bond acceptors (Lipinski definition) is 6. The largest absolute Gasteiger partial charge is 0.489 e. The molecule has 1 aromatic rings. The van der Waals surface area contributed by atoms with Gasteiger partial charge in [0.05, 0.1) is 20.5 Å². The van der Waals surface area contributed by atoms with Crippen LogP contribution in [0.1, 0.15) is 6.92 Å². The third-order valence-corrected chi connectivity index (χ3v) is 2.22. The van der Waals surface area contributed by atoms with E-state index in [2.05, 4.69) is 14.7 Å². The van der Waals surface area contributed by atoms with E-state index in [0.717, 1.165) is 0 Å². The smallest absolute Gasteiger partial charge is 0.325 e. The Bertz CT molecular complexity index is 443. The van der Waals surface area contributed by atoms with E-state index in [1.54, 1.807) is 4.90 Å². The van der Waals surface area contributed by atoms with Crippen molar-refractivity contribution in [3.05, 3.63) is 16.7 Å². The second kappa shape index (κ2) is 5.88. The van der Waals surface area contributed by atoms with Crippen LogP contribution in [0.5, 0.6) is 5.75 Å². The van der Waals surface area contributed by atoms with Crippen molar-refractivity contribution >= 4 is 11.8 Å². The molecule has 0 saturated heterocycles. The molecule has 1 rings (SSSR count). The molecule has 1 heterocycles. The van der Waals surface area contributed by atoms with Crippen LogP contribution >= 0.6 is 0 Å². The second-order valence-corrected chi connectivity index (χ2v) is 3.18. The maximum absolute atomic E-state index is 11.5. The van der Waals surface area contributed by atoms with Gasteiger partial charge < -0.3 is 19.4 Å². The lowest BCUT2D eigenvalue weighted by Gasteiger charge is -2.21. The van der Waals surface area contributed by atoms with Crippen molar-refractivity contribution in [1.82, 2.24) is 9.97 Å². The van der Waals surface area contributed by atoms with E-state index in [1.807, 2.05) is 6.92 Å². The van der Waals surface area contributed by atoms with Crippen molar-refractivity contribution in [3.63, 3.8) is 0 Å². The maximum Gasteiger partial charge on any atom is 0.325 e. The van der Waals surface area contributed by atoms with Gasteiger partial charge in [0, 0.05) is 6.54 Å². The Morgan fingerprint density at radius 2 is 2.24 bits per heavy atom. The number of H-pyrrole nitrogens is 1. The van der Waals surface area contributed by atoms with E-state index < -0.39 is 5.97 Å². The van der Waals surface area contributed by atoms with Gasteiger partial charge in [0.1, 0.15) is 6.54 Å². The van der Waals surface area contributed by atoms with E-state index in [0.29, 0.717) is 12.4 Å². The van der Waals surface area contributed by atoms with E-state index in [1.165, 1.54) is 20.5 Å². The lowest BCUT2D eigenvalue weighted by molar-refractivity contribution is -0.138. The summed E-state index contributed by atoms with van der Waals surface area (Å²) in [5.41, 5.74) is -0.388. The Balaban J connectivity index is 3.07. The van der Waals surface area contributed by atoms with Crippen LogP contribution in [-0.4, -0.2) is 43.2 Å². The summed E-state index contributed by atoms with van der Waals surface area (Å²) in [6.07, 6.45) is 1.26. The highest BCUT2D eigenvalue weighted by Crippen LogP contribution is 2.19. The number of anilines is 1. The summed E-state index contributed by atoms with van der Waals surface area (Å²) in [5, 5.41) is 0. The summed E-state index contributed by atoms with van der Waals surface area (Å²) < 4.78 is 9.55. The third-order valence-electron chi connectivity index (χ3n) is 2.22. The molecule has 0 fully saturated rings. The van der Waals surface area contributed by atoms with Gasteiger partial charge in [-0.1, -0.05) is 0 Å². The molecule has 0 aromatic carbocycles. The van der Waals surface area contributed by atoms with Crippen molar-refractivity contribution in [3.8, 4) is 5.75 Å². The van der Waals surface area contributed by atoms with Gasteiger partial charge in [0.25, 0.3) is 5.56 Å². The zero-order valence-electron chi connectivity index (χ0n) is 10.0. The van der Waals surface area contributed by atoms with Crippen molar-refractivity contribution < 1.29 is 14.3 Å². The lowest BCUT2D eigenvalue weighted by Crippen LogP contribution is -2.32. The first-order valence-electron chi connectivity index (χ1n) is 5.07. The van der Waals surface area contributed by atoms with Gasteiger partial charge >= 0.3 is 5.97 Å². The highest BCUT2D eigenvalue weighted by Gasteiger charge is 2.17. The van der Waals surface area contributed by atoms with Crippen molar-refractivity contribution in [2.45, 2.75) is 6.92 Å². The number of ether oxygens (including phenoxy) is 2. The van der Waals surface area contributed by atoms with E-state index in [9.17, 15) is 9.59 Å². The summed E-state index contributed by atoms with van der Waals surface area (Å²) in [5.74, 6) is -0.00149. The highest BCUT2D eigenvalue weighted by molar-refractivity contribution is 5.75. The number of nitrogens with one attached hydrogen (secondary N) is 1. The molecule has 0 atom stereocenters. The molecule has 94 valence electrons. The molecule has 0 radical (unpaired) electrons. The minimum atomic E-state index is -0.406. The molecule has 0 saturated carbocycles.